The van der Waals surface area contributed by atoms with E-state index in [1.54, 1.807) is 0 Å². The van der Waals surface area contributed by atoms with Crippen LogP contribution in [0.15, 0.2) is 24.5 Å². The molecule has 3 unspecified atom stereocenters. The quantitative estimate of drug-likeness (QED) is 0.804. The van der Waals surface area contributed by atoms with E-state index in [1.807, 2.05) is 12.4 Å². The van der Waals surface area contributed by atoms with Crippen LogP contribution in [0.3, 0.4) is 0 Å². The van der Waals surface area contributed by atoms with Crippen molar-refractivity contribution in [3.63, 3.8) is 0 Å². The van der Waals surface area contributed by atoms with E-state index >= 15 is 0 Å². The zero-order valence-corrected chi connectivity index (χ0v) is 11.0. The number of rotatable bonds is 3. The van der Waals surface area contributed by atoms with Crippen LogP contribution in [0, 0.1) is 5.92 Å². The highest BCUT2D eigenvalue weighted by Crippen LogP contribution is 2.24. The highest BCUT2D eigenvalue weighted by molar-refractivity contribution is 5.14. The summed E-state index contributed by atoms with van der Waals surface area (Å²) in [5, 5.41) is 3.77. The van der Waals surface area contributed by atoms with Crippen LogP contribution in [-0.2, 0) is 0 Å². The Labute approximate surface area is 105 Å². The molecule has 0 aromatic carbocycles. The summed E-state index contributed by atoms with van der Waals surface area (Å²) in [6.45, 7) is 4.64. The normalized spacial score (nSPS) is 27.4. The molecule has 1 aromatic heterocycles. The summed E-state index contributed by atoms with van der Waals surface area (Å²) in [5.41, 5.74) is 1.34. The molecule has 94 valence electrons. The molecule has 0 radical (unpaired) electrons. The average Bonchev–Trinajstić information content (AvgIpc) is 2.56. The van der Waals surface area contributed by atoms with Gasteiger partial charge in [0.05, 0.1) is 0 Å². The zero-order valence-electron chi connectivity index (χ0n) is 11.0. The van der Waals surface area contributed by atoms with Gasteiger partial charge in [-0.3, -0.25) is 4.98 Å². The SMILES string of the molecule is CC1CCCC(NC(C)c2ccncc2)CC1. The third kappa shape index (κ3) is 3.81. The second-order valence-electron chi connectivity index (χ2n) is 5.48. The van der Waals surface area contributed by atoms with Crippen LogP contribution in [-0.4, -0.2) is 11.0 Å². The van der Waals surface area contributed by atoms with Gasteiger partial charge in [-0.25, -0.2) is 0 Å². The van der Waals surface area contributed by atoms with Gasteiger partial charge >= 0.3 is 0 Å². The topological polar surface area (TPSA) is 24.9 Å². The summed E-state index contributed by atoms with van der Waals surface area (Å²) >= 11 is 0. The van der Waals surface area contributed by atoms with Gasteiger partial charge in [-0.15, -0.1) is 0 Å². The predicted octanol–water partition coefficient (Wildman–Crippen LogP) is 3.70. The minimum absolute atomic E-state index is 0.441. The van der Waals surface area contributed by atoms with Crippen LogP contribution in [0.1, 0.15) is 57.6 Å². The lowest BCUT2D eigenvalue weighted by molar-refractivity contribution is 0.408. The van der Waals surface area contributed by atoms with E-state index in [0.717, 1.165) is 5.92 Å². The molecule has 1 fully saturated rings. The van der Waals surface area contributed by atoms with E-state index in [0.29, 0.717) is 12.1 Å². The van der Waals surface area contributed by atoms with Gasteiger partial charge < -0.3 is 5.32 Å². The van der Waals surface area contributed by atoms with Crippen molar-refractivity contribution in [1.82, 2.24) is 10.3 Å². The first kappa shape index (κ1) is 12.6. The fourth-order valence-electron chi connectivity index (χ4n) is 2.76. The first-order chi connectivity index (χ1) is 8.25. The van der Waals surface area contributed by atoms with E-state index in [1.165, 1.54) is 37.7 Å². The van der Waals surface area contributed by atoms with Crippen LogP contribution in [0.4, 0.5) is 0 Å². The van der Waals surface area contributed by atoms with Crippen LogP contribution < -0.4 is 5.32 Å². The van der Waals surface area contributed by atoms with E-state index in [9.17, 15) is 0 Å². The van der Waals surface area contributed by atoms with Gasteiger partial charge in [0.2, 0.25) is 0 Å². The average molecular weight is 232 g/mol. The van der Waals surface area contributed by atoms with Gasteiger partial charge in [0.15, 0.2) is 0 Å². The molecule has 0 amide bonds. The lowest BCUT2D eigenvalue weighted by atomic mass is 10.0. The van der Waals surface area contributed by atoms with E-state index in [4.69, 9.17) is 0 Å². The summed E-state index contributed by atoms with van der Waals surface area (Å²) < 4.78 is 0. The van der Waals surface area contributed by atoms with E-state index in [2.05, 4.69) is 36.3 Å². The number of aromatic nitrogens is 1. The molecule has 1 aromatic rings. The Morgan fingerprint density at radius 3 is 2.71 bits per heavy atom. The van der Waals surface area contributed by atoms with Crippen molar-refractivity contribution >= 4 is 0 Å². The molecular weight excluding hydrogens is 208 g/mol. The first-order valence-electron chi connectivity index (χ1n) is 6.91. The van der Waals surface area contributed by atoms with Crippen LogP contribution >= 0.6 is 0 Å². The number of hydrogen-bond acceptors (Lipinski definition) is 2. The Balaban J connectivity index is 1.88. The third-order valence-electron chi connectivity index (χ3n) is 3.95. The molecule has 17 heavy (non-hydrogen) atoms. The van der Waals surface area contributed by atoms with Crippen molar-refractivity contribution in [3.8, 4) is 0 Å². The van der Waals surface area contributed by atoms with Gasteiger partial charge in [-0.2, -0.15) is 0 Å². The molecule has 2 rings (SSSR count). The predicted molar refractivity (Wildman–Crippen MR) is 71.8 cm³/mol. The maximum absolute atomic E-state index is 4.07. The van der Waals surface area contributed by atoms with Crippen molar-refractivity contribution in [2.24, 2.45) is 5.92 Å². The van der Waals surface area contributed by atoms with Crippen molar-refractivity contribution in [2.75, 3.05) is 0 Å². The molecule has 1 heterocycles. The van der Waals surface area contributed by atoms with Crippen molar-refractivity contribution in [1.29, 1.82) is 0 Å². The summed E-state index contributed by atoms with van der Waals surface area (Å²) in [6.07, 6.45) is 10.6. The maximum atomic E-state index is 4.07. The Morgan fingerprint density at radius 2 is 1.94 bits per heavy atom. The molecule has 2 nitrogen and oxygen atoms in total. The summed E-state index contributed by atoms with van der Waals surface area (Å²) in [4.78, 5) is 4.07. The molecule has 3 atom stereocenters. The monoisotopic (exact) mass is 232 g/mol. The largest absolute Gasteiger partial charge is 0.307 e. The lowest BCUT2D eigenvalue weighted by Crippen LogP contribution is -2.31. The van der Waals surface area contributed by atoms with Gasteiger partial charge in [-0.05, 0) is 49.8 Å². The third-order valence-corrected chi connectivity index (χ3v) is 3.95. The maximum Gasteiger partial charge on any atom is 0.0295 e. The standard InChI is InChI=1S/C15H24N2/c1-12-4-3-5-15(7-6-12)17-13(2)14-8-10-16-11-9-14/h8-13,15,17H,3-7H2,1-2H3. The number of nitrogens with zero attached hydrogens (tertiary/aromatic N) is 1. The zero-order chi connectivity index (χ0) is 12.1. The molecule has 0 spiro atoms. The van der Waals surface area contributed by atoms with E-state index in [-0.39, 0.29) is 0 Å². The molecule has 1 saturated carbocycles. The Kier molecular flexibility index (Phi) is 4.55. The molecular formula is C15H24N2. The number of pyridine rings is 1. The van der Waals surface area contributed by atoms with Crippen molar-refractivity contribution < 1.29 is 0 Å². The van der Waals surface area contributed by atoms with Crippen LogP contribution in [0.25, 0.3) is 0 Å². The Hall–Kier alpha value is -0.890. The molecule has 1 N–H and O–H groups in total. The number of hydrogen-bond donors (Lipinski definition) is 1. The highest BCUT2D eigenvalue weighted by Gasteiger charge is 2.17. The Morgan fingerprint density at radius 1 is 1.18 bits per heavy atom. The minimum Gasteiger partial charge on any atom is -0.307 e. The van der Waals surface area contributed by atoms with Gasteiger partial charge in [0.25, 0.3) is 0 Å². The molecule has 2 heteroatoms. The van der Waals surface area contributed by atoms with Crippen LogP contribution in [0.2, 0.25) is 0 Å². The van der Waals surface area contributed by atoms with Crippen molar-refractivity contribution in [3.05, 3.63) is 30.1 Å². The second kappa shape index (κ2) is 6.15. The molecule has 0 saturated heterocycles. The lowest BCUT2D eigenvalue weighted by Gasteiger charge is -2.22. The number of nitrogens with one attached hydrogen (secondary N) is 1. The molecule has 0 bridgehead atoms. The first-order valence-corrected chi connectivity index (χ1v) is 6.91. The highest BCUT2D eigenvalue weighted by atomic mass is 14.9. The molecule has 0 aliphatic heterocycles. The summed E-state index contributed by atoms with van der Waals surface area (Å²) in [5.74, 6) is 0.915. The van der Waals surface area contributed by atoms with Crippen molar-refractivity contribution in [2.45, 2.75) is 58.0 Å². The smallest absolute Gasteiger partial charge is 0.0295 e. The molecule has 1 aliphatic carbocycles. The Bertz CT molecular complexity index is 323. The minimum atomic E-state index is 0.441. The summed E-state index contributed by atoms with van der Waals surface area (Å²) in [6, 6.07) is 5.35. The molecule has 1 aliphatic rings. The van der Waals surface area contributed by atoms with E-state index < -0.39 is 0 Å². The fraction of sp³-hybridized carbons (Fsp3) is 0.667. The fourth-order valence-corrected chi connectivity index (χ4v) is 2.76. The van der Waals surface area contributed by atoms with Crippen LogP contribution in [0.5, 0.6) is 0 Å². The van der Waals surface area contributed by atoms with Gasteiger partial charge in [-0.1, -0.05) is 19.8 Å². The second-order valence-corrected chi connectivity index (χ2v) is 5.48. The van der Waals surface area contributed by atoms with Gasteiger partial charge in [0, 0.05) is 24.5 Å². The van der Waals surface area contributed by atoms with Gasteiger partial charge in [0.1, 0.15) is 0 Å². The summed E-state index contributed by atoms with van der Waals surface area (Å²) in [7, 11) is 0.